The van der Waals surface area contributed by atoms with E-state index in [1.165, 1.54) is 10.5 Å². The first-order valence-corrected chi connectivity index (χ1v) is 11.0. The van der Waals surface area contributed by atoms with Crippen LogP contribution in [-0.4, -0.2) is 24.4 Å². The average Bonchev–Trinajstić information content (AvgIpc) is 3.40. The van der Waals surface area contributed by atoms with E-state index >= 15 is 0 Å². The topological polar surface area (TPSA) is 38.8 Å². The molecule has 0 spiro atoms. The average molecular weight is 410 g/mol. The van der Waals surface area contributed by atoms with Crippen LogP contribution in [0.15, 0.2) is 64.9 Å². The number of fused-ring (bicyclic) bond motifs is 2. The van der Waals surface area contributed by atoms with Crippen LogP contribution in [0.3, 0.4) is 0 Å². The Kier molecular flexibility index (Phi) is 4.74. The van der Waals surface area contributed by atoms with Crippen molar-refractivity contribution in [2.75, 3.05) is 18.1 Å². The minimum absolute atomic E-state index is 0.106. The van der Waals surface area contributed by atoms with Gasteiger partial charge in [0.05, 0.1) is 11.8 Å². The number of benzene rings is 2. The second kappa shape index (κ2) is 7.53. The molecule has 3 aromatic rings. The number of anilines is 1. The van der Waals surface area contributed by atoms with Gasteiger partial charge in [-0.05, 0) is 41.6 Å². The van der Waals surface area contributed by atoms with Crippen LogP contribution in [0.1, 0.15) is 10.4 Å². The van der Waals surface area contributed by atoms with Crippen LogP contribution in [0.25, 0.3) is 0 Å². The molecule has 0 bridgehead atoms. The fourth-order valence-corrected chi connectivity index (χ4v) is 5.50. The summed E-state index contributed by atoms with van der Waals surface area (Å²) < 4.78 is 11.4. The van der Waals surface area contributed by atoms with Gasteiger partial charge in [-0.3, -0.25) is 4.79 Å². The number of carbonyl (C=O) groups excluding carboxylic acids is 1. The molecule has 6 heteroatoms. The van der Waals surface area contributed by atoms with E-state index in [4.69, 9.17) is 9.47 Å². The first-order valence-electron chi connectivity index (χ1n) is 9.26. The molecule has 28 heavy (non-hydrogen) atoms. The third-order valence-corrected chi connectivity index (χ3v) is 7.09. The Hall–Kier alpha value is -2.44. The summed E-state index contributed by atoms with van der Waals surface area (Å²) in [7, 11) is 0. The second-order valence-electron chi connectivity index (χ2n) is 6.75. The highest BCUT2D eigenvalue weighted by Gasteiger charge is 2.32. The van der Waals surface area contributed by atoms with Gasteiger partial charge in [0.15, 0.2) is 11.5 Å². The molecule has 5 rings (SSSR count). The van der Waals surface area contributed by atoms with Gasteiger partial charge in [0.1, 0.15) is 13.2 Å². The van der Waals surface area contributed by atoms with Crippen LogP contribution in [0.2, 0.25) is 0 Å². The van der Waals surface area contributed by atoms with Crippen molar-refractivity contribution >= 4 is 34.7 Å². The lowest BCUT2D eigenvalue weighted by Gasteiger charge is -2.27. The summed E-state index contributed by atoms with van der Waals surface area (Å²) >= 11 is 3.33. The molecule has 0 fully saturated rings. The number of hydrogen-bond acceptors (Lipinski definition) is 5. The van der Waals surface area contributed by atoms with E-state index in [2.05, 4.69) is 18.2 Å². The first kappa shape index (κ1) is 17.6. The molecule has 142 valence electrons. The number of hydrogen-bond donors (Lipinski definition) is 0. The molecule has 0 aliphatic carbocycles. The van der Waals surface area contributed by atoms with Gasteiger partial charge in [0.2, 0.25) is 5.91 Å². The largest absolute Gasteiger partial charge is 0.486 e. The fraction of sp³-hybridized carbons (Fsp3) is 0.227. The molecule has 1 aromatic heterocycles. The molecular weight excluding hydrogens is 390 g/mol. The molecule has 4 nitrogen and oxygen atoms in total. The smallest absolute Gasteiger partial charge is 0.241 e. The lowest BCUT2D eigenvalue weighted by molar-refractivity contribution is -0.118. The van der Waals surface area contributed by atoms with Crippen molar-refractivity contribution in [2.45, 2.75) is 23.1 Å². The Morgan fingerprint density at radius 1 is 1.04 bits per heavy atom. The molecule has 1 amide bonds. The number of ether oxygens (including phenoxy) is 2. The van der Waals surface area contributed by atoms with Crippen molar-refractivity contribution in [1.82, 2.24) is 0 Å². The predicted octanol–water partition coefficient (Wildman–Crippen LogP) is 4.77. The summed E-state index contributed by atoms with van der Waals surface area (Å²) in [6.45, 7) is 1.65. The van der Waals surface area contributed by atoms with E-state index in [0.29, 0.717) is 25.5 Å². The van der Waals surface area contributed by atoms with Crippen LogP contribution in [-0.2, 0) is 17.8 Å². The highest BCUT2D eigenvalue weighted by Crippen LogP contribution is 2.40. The Morgan fingerprint density at radius 3 is 2.71 bits per heavy atom. The van der Waals surface area contributed by atoms with Crippen molar-refractivity contribution < 1.29 is 14.3 Å². The van der Waals surface area contributed by atoms with E-state index < -0.39 is 0 Å². The maximum Gasteiger partial charge on any atom is 0.241 e. The first-order chi connectivity index (χ1) is 13.8. The van der Waals surface area contributed by atoms with Crippen LogP contribution in [0, 0.1) is 0 Å². The Balaban J connectivity index is 1.46. The molecule has 0 unspecified atom stereocenters. The van der Waals surface area contributed by atoms with Crippen molar-refractivity contribution in [2.24, 2.45) is 0 Å². The molecule has 1 atom stereocenters. The molecule has 0 saturated carbocycles. The third-order valence-electron chi connectivity index (χ3n) is 4.92. The number of nitrogens with zero attached hydrogens (tertiary/aromatic N) is 1. The van der Waals surface area contributed by atoms with Crippen molar-refractivity contribution in [3.05, 3.63) is 70.4 Å². The summed E-state index contributed by atoms with van der Waals surface area (Å²) in [6, 6.07) is 18.1. The number of carbonyl (C=O) groups is 1. The van der Waals surface area contributed by atoms with Gasteiger partial charge in [-0.15, -0.1) is 23.1 Å². The maximum atomic E-state index is 13.5. The summed E-state index contributed by atoms with van der Waals surface area (Å²) in [5.41, 5.74) is 2.10. The van der Waals surface area contributed by atoms with E-state index in [0.717, 1.165) is 22.7 Å². The van der Waals surface area contributed by atoms with Gasteiger partial charge < -0.3 is 14.4 Å². The number of amides is 1. The summed E-state index contributed by atoms with van der Waals surface area (Å²) in [6.07, 6.45) is 0.769. The van der Waals surface area contributed by atoms with Crippen LogP contribution in [0.4, 0.5) is 5.69 Å². The van der Waals surface area contributed by atoms with E-state index in [1.54, 1.807) is 23.1 Å². The Labute approximate surface area is 172 Å². The molecule has 2 aliphatic rings. The Bertz CT molecular complexity index is 978. The summed E-state index contributed by atoms with van der Waals surface area (Å²) in [5, 5.41) is 1.94. The summed E-state index contributed by atoms with van der Waals surface area (Å²) in [4.78, 5) is 17.8. The molecule has 0 saturated heterocycles. The molecular formula is C22H19NO3S2. The zero-order chi connectivity index (χ0) is 18.9. The van der Waals surface area contributed by atoms with Gasteiger partial charge in [0.25, 0.3) is 0 Å². The van der Waals surface area contributed by atoms with Gasteiger partial charge in [-0.25, -0.2) is 0 Å². The highest BCUT2D eigenvalue weighted by molar-refractivity contribution is 8.01. The molecule has 0 N–H and O–H groups in total. The van der Waals surface area contributed by atoms with Crippen LogP contribution in [0.5, 0.6) is 11.5 Å². The van der Waals surface area contributed by atoms with Gasteiger partial charge in [0, 0.05) is 21.5 Å². The van der Waals surface area contributed by atoms with Crippen molar-refractivity contribution in [1.29, 1.82) is 0 Å². The van der Waals surface area contributed by atoms with Crippen LogP contribution >= 0.6 is 23.1 Å². The Morgan fingerprint density at radius 2 is 1.89 bits per heavy atom. The predicted molar refractivity (Wildman–Crippen MR) is 113 cm³/mol. The SMILES string of the molecule is O=C([C@@H]1Cc2ccccc2S1)N(Cc1cccs1)c1ccc2c(c1)OCCO2. The number of thioether (sulfide) groups is 1. The standard InChI is InChI=1S/C22H19NO3S2/c24-22(21-12-15-4-1-2-6-20(15)28-21)23(14-17-5-3-11-27-17)16-7-8-18-19(13-16)26-10-9-25-18/h1-8,11,13,21H,9-10,12,14H2/t21-/m0/s1. The number of thiophene rings is 1. The minimum Gasteiger partial charge on any atom is -0.486 e. The van der Waals surface area contributed by atoms with Crippen molar-refractivity contribution in [3.8, 4) is 11.5 Å². The van der Waals surface area contributed by atoms with E-state index in [9.17, 15) is 4.79 Å². The summed E-state index contributed by atoms with van der Waals surface area (Å²) in [5.74, 6) is 1.57. The lowest BCUT2D eigenvalue weighted by atomic mass is 10.1. The number of rotatable bonds is 4. The van der Waals surface area contributed by atoms with E-state index in [-0.39, 0.29) is 11.2 Å². The van der Waals surface area contributed by atoms with Gasteiger partial charge >= 0.3 is 0 Å². The monoisotopic (exact) mass is 409 g/mol. The van der Waals surface area contributed by atoms with Gasteiger partial charge in [-0.1, -0.05) is 24.3 Å². The van der Waals surface area contributed by atoms with Gasteiger partial charge in [-0.2, -0.15) is 0 Å². The lowest BCUT2D eigenvalue weighted by Crippen LogP contribution is -2.37. The molecule has 0 radical (unpaired) electrons. The normalized spacial score (nSPS) is 17.2. The van der Waals surface area contributed by atoms with E-state index in [1.807, 2.05) is 46.7 Å². The highest BCUT2D eigenvalue weighted by atomic mass is 32.2. The fourth-order valence-electron chi connectivity index (χ4n) is 3.55. The quantitative estimate of drug-likeness (QED) is 0.622. The zero-order valence-corrected chi connectivity index (χ0v) is 16.8. The van der Waals surface area contributed by atoms with Crippen molar-refractivity contribution in [3.63, 3.8) is 0 Å². The maximum absolute atomic E-state index is 13.5. The molecule has 3 heterocycles. The molecule has 2 aliphatic heterocycles. The minimum atomic E-state index is -0.106. The zero-order valence-electron chi connectivity index (χ0n) is 15.2. The third kappa shape index (κ3) is 3.38. The second-order valence-corrected chi connectivity index (χ2v) is 9.03. The molecule has 2 aromatic carbocycles. The van der Waals surface area contributed by atoms with Crippen LogP contribution < -0.4 is 14.4 Å².